The Morgan fingerprint density at radius 2 is 1.47 bits per heavy atom. The maximum atomic E-state index is 12.6. The van der Waals surface area contributed by atoms with E-state index >= 15 is 0 Å². The van der Waals surface area contributed by atoms with Gasteiger partial charge in [-0.1, -0.05) is 54.1 Å². The van der Waals surface area contributed by atoms with Crippen molar-refractivity contribution in [1.82, 2.24) is 9.80 Å². The Morgan fingerprint density at radius 1 is 0.833 bits per heavy atom. The van der Waals surface area contributed by atoms with E-state index in [-0.39, 0.29) is 11.8 Å². The Kier molecular flexibility index (Phi) is 8.57. The summed E-state index contributed by atoms with van der Waals surface area (Å²) < 4.78 is 5.66. The molecule has 0 atom stereocenters. The molecule has 1 saturated heterocycles. The molecular weight excluding hydrogens is 400 g/mol. The molecule has 0 saturated carbocycles. The summed E-state index contributed by atoms with van der Waals surface area (Å²) in [6, 6.07) is 17.4. The fraction of sp³-hybridized carbons (Fsp3) is 0.417. The molecule has 0 aromatic heterocycles. The number of nitrogens with zero attached hydrogens (tertiary/aromatic N) is 2. The summed E-state index contributed by atoms with van der Waals surface area (Å²) in [5.74, 6) is 0.934. The summed E-state index contributed by atoms with van der Waals surface area (Å²) in [4.78, 5) is 28.9. The van der Waals surface area contributed by atoms with Crippen molar-refractivity contribution < 1.29 is 14.3 Å². The molecule has 0 bridgehead atoms. The van der Waals surface area contributed by atoms with Crippen LogP contribution in [0.1, 0.15) is 31.2 Å². The lowest BCUT2D eigenvalue weighted by atomic mass is 10.1. The first kappa shape index (κ1) is 22.2. The molecule has 1 aliphatic heterocycles. The van der Waals surface area contributed by atoms with Gasteiger partial charge in [0.15, 0.2) is 0 Å². The van der Waals surface area contributed by atoms with E-state index in [0.717, 1.165) is 12.8 Å². The number of amides is 2. The van der Waals surface area contributed by atoms with Crippen LogP contribution in [0.15, 0.2) is 54.6 Å². The van der Waals surface area contributed by atoms with Crippen LogP contribution in [0, 0.1) is 0 Å². The zero-order chi connectivity index (χ0) is 21.2. The van der Waals surface area contributed by atoms with Gasteiger partial charge in [0.05, 0.1) is 11.6 Å². The highest BCUT2D eigenvalue weighted by Gasteiger charge is 2.21. The van der Waals surface area contributed by atoms with Gasteiger partial charge in [0.1, 0.15) is 5.75 Å². The van der Waals surface area contributed by atoms with Gasteiger partial charge in [-0.15, -0.1) is 0 Å². The third kappa shape index (κ3) is 6.77. The standard InChI is InChI=1S/C24H29ClN2O3/c25-21-10-4-5-11-22(21)30-19-6-12-23(28)26-15-7-16-27(18-17-26)24(29)14-13-20-8-2-1-3-9-20/h1-5,8-11H,6-7,12-19H2. The number of hydrogen-bond acceptors (Lipinski definition) is 3. The number of ether oxygens (including phenoxy) is 1. The van der Waals surface area contributed by atoms with Gasteiger partial charge in [-0.2, -0.15) is 0 Å². The number of para-hydroxylation sites is 1. The van der Waals surface area contributed by atoms with Crippen LogP contribution in [-0.4, -0.2) is 54.4 Å². The van der Waals surface area contributed by atoms with Crippen LogP contribution in [-0.2, 0) is 16.0 Å². The molecule has 2 aromatic rings. The second-order valence-electron chi connectivity index (χ2n) is 7.48. The van der Waals surface area contributed by atoms with Gasteiger partial charge in [0.2, 0.25) is 11.8 Å². The molecule has 30 heavy (non-hydrogen) atoms. The molecule has 160 valence electrons. The van der Waals surface area contributed by atoms with E-state index in [1.54, 1.807) is 6.07 Å². The fourth-order valence-corrected chi connectivity index (χ4v) is 3.79. The van der Waals surface area contributed by atoms with Crippen LogP contribution in [0.3, 0.4) is 0 Å². The molecule has 0 N–H and O–H groups in total. The minimum atomic E-state index is 0.122. The molecule has 2 aromatic carbocycles. The molecule has 0 unspecified atom stereocenters. The number of carbonyl (C=O) groups excluding carboxylic acids is 2. The summed E-state index contributed by atoms with van der Waals surface area (Å²) in [5, 5.41) is 0.577. The highest BCUT2D eigenvalue weighted by Crippen LogP contribution is 2.23. The molecule has 3 rings (SSSR count). The van der Waals surface area contributed by atoms with E-state index in [1.165, 1.54) is 5.56 Å². The molecule has 1 heterocycles. The zero-order valence-corrected chi connectivity index (χ0v) is 18.0. The number of halogens is 1. The smallest absolute Gasteiger partial charge is 0.222 e. The molecule has 6 heteroatoms. The number of benzene rings is 2. The minimum absolute atomic E-state index is 0.122. The largest absolute Gasteiger partial charge is 0.492 e. The normalized spacial score (nSPS) is 14.3. The average Bonchev–Trinajstić information content (AvgIpc) is 3.03. The molecule has 0 aliphatic carbocycles. The van der Waals surface area contributed by atoms with Gasteiger partial charge in [-0.3, -0.25) is 9.59 Å². The lowest BCUT2D eigenvalue weighted by Gasteiger charge is -2.22. The Bertz CT molecular complexity index is 828. The molecule has 2 amide bonds. The second kappa shape index (κ2) is 11.6. The van der Waals surface area contributed by atoms with Crippen molar-refractivity contribution in [2.24, 2.45) is 0 Å². The van der Waals surface area contributed by atoms with Crippen molar-refractivity contribution in [3.05, 3.63) is 65.2 Å². The Hall–Kier alpha value is -2.53. The van der Waals surface area contributed by atoms with Crippen molar-refractivity contribution in [2.45, 2.75) is 32.1 Å². The maximum absolute atomic E-state index is 12.6. The van der Waals surface area contributed by atoms with Crippen LogP contribution in [0.25, 0.3) is 0 Å². The SMILES string of the molecule is O=C(CCCOc1ccccc1Cl)N1CCCN(C(=O)CCc2ccccc2)CC1. The van der Waals surface area contributed by atoms with Crippen LogP contribution in [0.4, 0.5) is 0 Å². The summed E-state index contributed by atoms with van der Waals surface area (Å²) in [6.45, 7) is 3.07. The highest BCUT2D eigenvalue weighted by atomic mass is 35.5. The van der Waals surface area contributed by atoms with E-state index in [0.29, 0.717) is 62.8 Å². The van der Waals surface area contributed by atoms with Gasteiger partial charge in [-0.25, -0.2) is 0 Å². The summed E-state index contributed by atoms with van der Waals surface area (Å²) >= 11 is 6.07. The van der Waals surface area contributed by atoms with Crippen molar-refractivity contribution in [3.8, 4) is 5.75 Å². The van der Waals surface area contributed by atoms with Gasteiger partial charge >= 0.3 is 0 Å². The van der Waals surface area contributed by atoms with E-state index in [9.17, 15) is 9.59 Å². The van der Waals surface area contributed by atoms with Crippen molar-refractivity contribution >= 4 is 23.4 Å². The summed E-state index contributed by atoms with van der Waals surface area (Å²) in [6.07, 6.45) is 3.16. The average molecular weight is 429 g/mol. The van der Waals surface area contributed by atoms with E-state index in [1.807, 2.05) is 58.3 Å². The predicted molar refractivity (Wildman–Crippen MR) is 119 cm³/mol. The molecule has 0 spiro atoms. The number of rotatable bonds is 8. The van der Waals surface area contributed by atoms with Gasteiger partial charge in [0.25, 0.3) is 0 Å². The molecular formula is C24H29ClN2O3. The Labute approximate surface area is 183 Å². The lowest BCUT2D eigenvalue weighted by Crippen LogP contribution is -2.37. The second-order valence-corrected chi connectivity index (χ2v) is 7.89. The first-order chi connectivity index (χ1) is 14.6. The number of aryl methyl sites for hydroxylation is 1. The quantitative estimate of drug-likeness (QED) is 0.592. The van der Waals surface area contributed by atoms with Crippen LogP contribution < -0.4 is 4.74 Å². The fourth-order valence-electron chi connectivity index (χ4n) is 3.60. The van der Waals surface area contributed by atoms with Gasteiger partial charge < -0.3 is 14.5 Å². The predicted octanol–water partition coefficient (Wildman–Crippen LogP) is 4.19. The topological polar surface area (TPSA) is 49.9 Å². The third-order valence-electron chi connectivity index (χ3n) is 5.30. The van der Waals surface area contributed by atoms with Crippen LogP contribution >= 0.6 is 11.6 Å². The van der Waals surface area contributed by atoms with Crippen molar-refractivity contribution in [3.63, 3.8) is 0 Å². The maximum Gasteiger partial charge on any atom is 0.222 e. The lowest BCUT2D eigenvalue weighted by molar-refractivity contribution is -0.133. The number of carbonyl (C=O) groups is 2. The van der Waals surface area contributed by atoms with Crippen LogP contribution in [0.5, 0.6) is 5.75 Å². The monoisotopic (exact) mass is 428 g/mol. The minimum Gasteiger partial charge on any atom is -0.492 e. The van der Waals surface area contributed by atoms with E-state index < -0.39 is 0 Å². The third-order valence-corrected chi connectivity index (χ3v) is 5.61. The molecule has 0 radical (unpaired) electrons. The van der Waals surface area contributed by atoms with E-state index in [4.69, 9.17) is 16.3 Å². The summed E-state index contributed by atoms with van der Waals surface area (Å²) in [7, 11) is 0. The van der Waals surface area contributed by atoms with Crippen LogP contribution in [0.2, 0.25) is 5.02 Å². The zero-order valence-electron chi connectivity index (χ0n) is 17.3. The summed E-state index contributed by atoms with van der Waals surface area (Å²) in [5.41, 5.74) is 1.18. The highest BCUT2D eigenvalue weighted by molar-refractivity contribution is 6.32. The van der Waals surface area contributed by atoms with Gasteiger partial charge in [-0.05, 0) is 37.0 Å². The Morgan fingerprint density at radius 3 is 2.17 bits per heavy atom. The molecule has 5 nitrogen and oxygen atoms in total. The van der Waals surface area contributed by atoms with E-state index in [2.05, 4.69) is 0 Å². The number of hydrogen-bond donors (Lipinski definition) is 0. The first-order valence-corrected chi connectivity index (χ1v) is 11.0. The molecule has 1 fully saturated rings. The van der Waals surface area contributed by atoms with Crippen molar-refractivity contribution in [1.29, 1.82) is 0 Å². The molecule has 1 aliphatic rings. The first-order valence-electron chi connectivity index (χ1n) is 10.6. The van der Waals surface area contributed by atoms with Gasteiger partial charge in [0, 0.05) is 39.0 Å². The van der Waals surface area contributed by atoms with Crippen molar-refractivity contribution in [2.75, 3.05) is 32.8 Å². The Balaban J connectivity index is 1.37.